The van der Waals surface area contributed by atoms with Crippen LogP contribution in [0.4, 0.5) is 0 Å². The molecule has 2 rings (SSSR count). The van der Waals surface area contributed by atoms with E-state index in [1.54, 1.807) is 18.2 Å². The Morgan fingerprint density at radius 2 is 2.10 bits per heavy atom. The van der Waals surface area contributed by atoms with E-state index in [9.17, 15) is 9.59 Å². The first kappa shape index (κ1) is 15.8. The first-order chi connectivity index (χ1) is 9.78. The monoisotopic (exact) mass is 310 g/mol. The summed E-state index contributed by atoms with van der Waals surface area (Å²) in [7, 11) is 0. The van der Waals surface area contributed by atoms with Crippen molar-refractivity contribution in [3.8, 4) is 0 Å². The molecular weight excluding hydrogens is 292 g/mol. The van der Waals surface area contributed by atoms with Gasteiger partial charge in [-0.05, 0) is 45.7 Å². The molecule has 0 radical (unpaired) electrons. The summed E-state index contributed by atoms with van der Waals surface area (Å²) in [5.74, 6) is -0.652. The molecule has 1 atom stereocenters. The minimum atomic E-state index is -0.567. The quantitative estimate of drug-likeness (QED) is 0.622. The number of pyridine rings is 1. The summed E-state index contributed by atoms with van der Waals surface area (Å²) >= 11 is 5.81. The normalized spacial score (nSPS) is 18.7. The van der Waals surface area contributed by atoms with Gasteiger partial charge in [0.05, 0.1) is 0 Å². The number of aromatic nitrogens is 1. The molecule has 2 heterocycles. The van der Waals surface area contributed by atoms with Gasteiger partial charge in [-0.25, -0.2) is 9.78 Å². The van der Waals surface area contributed by atoms with Gasteiger partial charge in [0.25, 0.3) is 5.91 Å². The highest BCUT2D eigenvalue weighted by atomic mass is 35.5. The highest BCUT2D eigenvalue weighted by Crippen LogP contribution is 2.23. The summed E-state index contributed by atoms with van der Waals surface area (Å²) in [5.41, 5.74) is -0.319. The van der Waals surface area contributed by atoms with Crippen LogP contribution in [0.1, 0.15) is 44.1 Å². The summed E-state index contributed by atoms with van der Waals surface area (Å²) in [5, 5.41) is 0.258. The maximum atomic E-state index is 12.5. The third-order valence-electron chi connectivity index (χ3n) is 3.13. The van der Waals surface area contributed by atoms with Crippen LogP contribution in [0.5, 0.6) is 0 Å². The van der Waals surface area contributed by atoms with Gasteiger partial charge in [-0.3, -0.25) is 4.79 Å². The summed E-state index contributed by atoms with van der Waals surface area (Å²) in [6.45, 7) is 5.95. The summed E-state index contributed by atoms with van der Waals surface area (Å²) in [4.78, 5) is 30.2. The number of carbonyl (C=O) groups is 2. The molecule has 5 nitrogen and oxygen atoms in total. The van der Waals surface area contributed by atoms with Crippen LogP contribution in [0.25, 0.3) is 0 Å². The van der Waals surface area contributed by atoms with Crippen molar-refractivity contribution in [3.05, 3.63) is 29.0 Å². The Morgan fingerprint density at radius 3 is 2.71 bits per heavy atom. The molecule has 0 aliphatic carbocycles. The van der Waals surface area contributed by atoms with E-state index in [1.807, 2.05) is 20.8 Å². The van der Waals surface area contributed by atoms with Crippen molar-refractivity contribution in [3.63, 3.8) is 0 Å². The first-order valence-electron chi connectivity index (χ1n) is 6.94. The van der Waals surface area contributed by atoms with E-state index in [0.29, 0.717) is 13.0 Å². The lowest BCUT2D eigenvalue weighted by Crippen LogP contribution is -2.43. The van der Waals surface area contributed by atoms with Crippen molar-refractivity contribution in [2.24, 2.45) is 0 Å². The number of hydrogen-bond acceptors (Lipinski definition) is 4. The molecule has 6 heteroatoms. The van der Waals surface area contributed by atoms with Gasteiger partial charge in [-0.2, -0.15) is 0 Å². The van der Waals surface area contributed by atoms with Crippen LogP contribution < -0.4 is 0 Å². The van der Waals surface area contributed by atoms with Gasteiger partial charge in [0, 0.05) is 6.54 Å². The fraction of sp³-hybridized carbons (Fsp3) is 0.533. The van der Waals surface area contributed by atoms with E-state index < -0.39 is 11.6 Å². The van der Waals surface area contributed by atoms with Gasteiger partial charge in [0.2, 0.25) is 0 Å². The zero-order valence-electron chi connectivity index (χ0n) is 12.4. The van der Waals surface area contributed by atoms with Crippen molar-refractivity contribution in [1.29, 1.82) is 0 Å². The van der Waals surface area contributed by atoms with Crippen LogP contribution >= 0.6 is 11.6 Å². The van der Waals surface area contributed by atoms with Gasteiger partial charge >= 0.3 is 5.97 Å². The Hall–Kier alpha value is -1.62. The molecular formula is C15H19ClN2O3. The second-order valence-electron chi connectivity index (χ2n) is 6.04. The molecule has 0 spiro atoms. The molecule has 0 aromatic carbocycles. The molecule has 1 aliphatic rings. The number of nitrogens with zero attached hydrogens (tertiary/aromatic N) is 2. The largest absolute Gasteiger partial charge is 0.458 e. The SMILES string of the molecule is CC(C)(C)OC(=O)[C@@H]1CCCN1C(=O)c1cccc(Cl)n1. The third kappa shape index (κ3) is 3.94. The fourth-order valence-corrected chi connectivity index (χ4v) is 2.46. The molecule has 1 fully saturated rings. The maximum Gasteiger partial charge on any atom is 0.329 e. The van der Waals surface area contributed by atoms with E-state index in [1.165, 1.54) is 4.90 Å². The van der Waals surface area contributed by atoms with Crippen molar-refractivity contribution in [1.82, 2.24) is 9.88 Å². The maximum absolute atomic E-state index is 12.5. The number of esters is 1. The number of halogens is 1. The Balaban J connectivity index is 2.15. The topological polar surface area (TPSA) is 59.5 Å². The van der Waals surface area contributed by atoms with Crippen LogP contribution in [-0.4, -0.2) is 39.9 Å². The van der Waals surface area contributed by atoms with Crippen LogP contribution in [0.3, 0.4) is 0 Å². The van der Waals surface area contributed by atoms with Crippen LogP contribution in [-0.2, 0) is 9.53 Å². The molecule has 0 bridgehead atoms. The Morgan fingerprint density at radius 1 is 1.38 bits per heavy atom. The molecule has 0 saturated carbocycles. The number of likely N-dealkylation sites (tertiary alicyclic amines) is 1. The lowest BCUT2D eigenvalue weighted by atomic mass is 10.1. The van der Waals surface area contributed by atoms with Crippen LogP contribution in [0.15, 0.2) is 18.2 Å². The molecule has 1 aromatic rings. The molecule has 1 saturated heterocycles. The molecule has 1 aliphatic heterocycles. The smallest absolute Gasteiger partial charge is 0.329 e. The van der Waals surface area contributed by atoms with Crippen molar-refractivity contribution < 1.29 is 14.3 Å². The van der Waals surface area contributed by atoms with E-state index in [2.05, 4.69) is 4.98 Å². The average Bonchev–Trinajstić information content (AvgIpc) is 2.85. The van der Waals surface area contributed by atoms with Gasteiger partial charge < -0.3 is 9.64 Å². The van der Waals surface area contributed by atoms with Gasteiger partial charge in [0.1, 0.15) is 22.5 Å². The van der Waals surface area contributed by atoms with Crippen molar-refractivity contribution in [2.75, 3.05) is 6.54 Å². The molecule has 114 valence electrons. The standard InChI is InChI=1S/C15H19ClN2O3/c1-15(2,3)21-14(20)11-7-5-9-18(11)13(19)10-6-4-8-12(16)17-10/h4,6,8,11H,5,7,9H2,1-3H3/t11-/m0/s1. The zero-order chi connectivity index (χ0) is 15.6. The number of carbonyl (C=O) groups excluding carboxylic acids is 2. The van der Waals surface area contributed by atoms with Gasteiger partial charge in [0.15, 0.2) is 0 Å². The molecule has 0 N–H and O–H groups in total. The van der Waals surface area contributed by atoms with Crippen LogP contribution in [0, 0.1) is 0 Å². The van der Waals surface area contributed by atoms with Gasteiger partial charge in [-0.1, -0.05) is 17.7 Å². The number of rotatable bonds is 2. The molecule has 1 aromatic heterocycles. The summed E-state index contributed by atoms with van der Waals surface area (Å²) in [6, 6.07) is 4.32. The Bertz CT molecular complexity index is 554. The second kappa shape index (κ2) is 6.02. The van der Waals surface area contributed by atoms with E-state index in [4.69, 9.17) is 16.3 Å². The number of ether oxygens (including phenoxy) is 1. The molecule has 1 amide bonds. The van der Waals surface area contributed by atoms with Crippen molar-refractivity contribution in [2.45, 2.75) is 45.3 Å². The number of hydrogen-bond donors (Lipinski definition) is 0. The third-order valence-corrected chi connectivity index (χ3v) is 3.34. The lowest BCUT2D eigenvalue weighted by molar-refractivity contribution is -0.159. The van der Waals surface area contributed by atoms with Crippen molar-refractivity contribution >= 4 is 23.5 Å². The highest BCUT2D eigenvalue weighted by molar-refractivity contribution is 6.29. The molecule has 0 unspecified atom stereocenters. The zero-order valence-corrected chi connectivity index (χ0v) is 13.2. The second-order valence-corrected chi connectivity index (χ2v) is 6.42. The first-order valence-corrected chi connectivity index (χ1v) is 7.32. The summed E-state index contributed by atoms with van der Waals surface area (Å²) in [6.07, 6.45) is 1.39. The van der Waals surface area contributed by atoms with E-state index >= 15 is 0 Å². The molecule has 21 heavy (non-hydrogen) atoms. The highest BCUT2D eigenvalue weighted by Gasteiger charge is 2.37. The van der Waals surface area contributed by atoms with Crippen LogP contribution in [0.2, 0.25) is 5.15 Å². The van der Waals surface area contributed by atoms with Gasteiger partial charge in [-0.15, -0.1) is 0 Å². The predicted molar refractivity (Wildman–Crippen MR) is 79.2 cm³/mol. The Kier molecular flexibility index (Phi) is 4.52. The van der Waals surface area contributed by atoms with E-state index in [-0.39, 0.29) is 22.7 Å². The summed E-state index contributed by atoms with van der Waals surface area (Å²) < 4.78 is 5.38. The minimum absolute atomic E-state index is 0.248. The number of amides is 1. The Labute approximate surface area is 129 Å². The minimum Gasteiger partial charge on any atom is -0.458 e. The van der Waals surface area contributed by atoms with E-state index in [0.717, 1.165) is 6.42 Å². The average molecular weight is 311 g/mol. The fourth-order valence-electron chi connectivity index (χ4n) is 2.30. The lowest BCUT2D eigenvalue weighted by Gasteiger charge is -2.27. The predicted octanol–water partition coefficient (Wildman–Crippen LogP) is 2.68.